The maximum atomic E-state index is 12.6. The van der Waals surface area contributed by atoms with Crippen LogP contribution in [0.3, 0.4) is 0 Å². The normalized spacial score (nSPS) is 15.1. The average Bonchev–Trinajstić information content (AvgIpc) is 3.12. The number of rotatable bonds is 3. The predicted molar refractivity (Wildman–Crippen MR) is 111 cm³/mol. The number of amides is 1. The molecule has 5 nitrogen and oxygen atoms in total. The number of piperidine rings is 1. The van der Waals surface area contributed by atoms with Gasteiger partial charge in [-0.3, -0.25) is 4.79 Å². The summed E-state index contributed by atoms with van der Waals surface area (Å²) < 4.78 is 0. The minimum absolute atomic E-state index is 0.229. The van der Waals surface area contributed by atoms with E-state index in [2.05, 4.69) is 56.8 Å². The van der Waals surface area contributed by atoms with Crippen LogP contribution in [-0.4, -0.2) is 29.2 Å². The third kappa shape index (κ3) is 3.13. The second kappa shape index (κ2) is 7.08. The first-order chi connectivity index (χ1) is 13.8. The Labute approximate surface area is 164 Å². The maximum Gasteiger partial charge on any atom is 0.276 e. The van der Waals surface area contributed by atoms with Gasteiger partial charge in [0.1, 0.15) is 0 Å². The summed E-state index contributed by atoms with van der Waals surface area (Å²) in [5.41, 5.74) is 6.24. The van der Waals surface area contributed by atoms with Gasteiger partial charge in [0.05, 0.1) is 0 Å². The lowest BCUT2D eigenvalue weighted by Gasteiger charge is -2.27. The number of nitrogens with one attached hydrogen (secondary N) is 1. The van der Waals surface area contributed by atoms with E-state index >= 15 is 0 Å². The smallest absolute Gasteiger partial charge is 0.276 e. The molecule has 2 aromatic carbocycles. The number of benzene rings is 2. The van der Waals surface area contributed by atoms with Crippen molar-refractivity contribution in [2.75, 3.05) is 23.3 Å². The summed E-state index contributed by atoms with van der Waals surface area (Å²) in [5.74, 6) is 0.625. The van der Waals surface area contributed by atoms with E-state index in [0.29, 0.717) is 5.69 Å². The largest absolute Gasteiger partial charge is 0.355 e. The molecule has 0 atom stereocenters. The molecule has 2 heterocycles. The lowest BCUT2D eigenvalue weighted by molar-refractivity contribution is 0.102. The lowest BCUT2D eigenvalue weighted by Crippen LogP contribution is -2.30. The van der Waals surface area contributed by atoms with Crippen molar-refractivity contribution in [3.63, 3.8) is 0 Å². The van der Waals surface area contributed by atoms with E-state index in [9.17, 15) is 4.79 Å². The molecule has 28 heavy (non-hydrogen) atoms. The van der Waals surface area contributed by atoms with Crippen LogP contribution in [0.1, 0.15) is 40.9 Å². The molecule has 0 unspecified atom stereocenters. The SMILES string of the molecule is O=C(Nc1ccc2c(c1)Cc1ccccc1-2)c1ccc(N2CCCCC2)nn1. The molecule has 140 valence electrons. The summed E-state index contributed by atoms with van der Waals surface area (Å²) in [6, 6.07) is 18.2. The van der Waals surface area contributed by atoms with Gasteiger partial charge < -0.3 is 10.2 Å². The number of carbonyl (C=O) groups excluding carboxylic acids is 1. The van der Waals surface area contributed by atoms with E-state index in [0.717, 1.165) is 31.0 Å². The molecule has 0 saturated carbocycles. The Morgan fingerprint density at radius 1 is 0.857 bits per heavy atom. The topological polar surface area (TPSA) is 58.1 Å². The van der Waals surface area contributed by atoms with Crippen LogP contribution < -0.4 is 10.2 Å². The van der Waals surface area contributed by atoms with E-state index in [1.807, 2.05) is 12.1 Å². The Morgan fingerprint density at radius 3 is 2.50 bits per heavy atom. The van der Waals surface area contributed by atoms with Crippen LogP contribution in [-0.2, 0) is 6.42 Å². The van der Waals surface area contributed by atoms with Crippen molar-refractivity contribution in [1.29, 1.82) is 0 Å². The fourth-order valence-electron chi connectivity index (χ4n) is 4.16. The maximum absolute atomic E-state index is 12.6. The quantitative estimate of drug-likeness (QED) is 0.584. The number of hydrogen-bond donors (Lipinski definition) is 1. The van der Waals surface area contributed by atoms with Crippen molar-refractivity contribution in [1.82, 2.24) is 10.2 Å². The fourth-order valence-corrected chi connectivity index (χ4v) is 4.16. The van der Waals surface area contributed by atoms with E-state index in [1.165, 1.54) is 41.5 Å². The zero-order chi connectivity index (χ0) is 18.9. The number of anilines is 2. The highest BCUT2D eigenvalue weighted by Crippen LogP contribution is 2.37. The summed E-state index contributed by atoms with van der Waals surface area (Å²) in [6.07, 6.45) is 4.55. The monoisotopic (exact) mass is 370 g/mol. The Morgan fingerprint density at radius 2 is 1.68 bits per heavy atom. The third-order valence-electron chi connectivity index (χ3n) is 5.61. The third-order valence-corrected chi connectivity index (χ3v) is 5.61. The van der Waals surface area contributed by atoms with Gasteiger partial charge in [-0.2, -0.15) is 0 Å². The van der Waals surface area contributed by atoms with Crippen LogP contribution in [0, 0.1) is 0 Å². The van der Waals surface area contributed by atoms with Crippen LogP contribution in [0.15, 0.2) is 54.6 Å². The number of carbonyl (C=O) groups is 1. The van der Waals surface area contributed by atoms with Crippen LogP contribution in [0.5, 0.6) is 0 Å². The Hall–Kier alpha value is -3.21. The highest BCUT2D eigenvalue weighted by Gasteiger charge is 2.19. The molecule has 0 spiro atoms. The Bertz CT molecular complexity index is 1020. The molecule has 1 aliphatic heterocycles. The van der Waals surface area contributed by atoms with Gasteiger partial charge >= 0.3 is 0 Å². The zero-order valence-electron chi connectivity index (χ0n) is 15.7. The molecule has 1 N–H and O–H groups in total. The van der Waals surface area contributed by atoms with Crippen LogP contribution in [0.4, 0.5) is 11.5 Å². The van der Waals surface area contributed by atoms with Gasteiger partial charge in [0, 0.05) is 18.8 Å². The first-order valence-electron chi connectivity index (χ1n) is 9.89. The highest BCUT2D eigenvalue weighted by molar-refractivity contribution is 6.03. The van der Waals surface area contributed by atoms with E-state index in [1.54, 1.807) is 6.07 Å². The van der Waals surface area contributed by atoms with Gasteiger partial charge in [0.15, 0.2) is 11.5 Å². The van der Waals surface area contributed by atoms with Crippen molar-refractivity contribution in [3.05, 3.63) is 71.4 Å². The van der Waals surface area contributed by atoms with Crippen molar-refractivity contribution in [3.8, 4) is 11.1 Å². The molecule has 1 fully saturated rings. The van der Waals surface area contributed by atoms with Gasteiger partial charge in [-0.1, -0.05) is 30.3 Å². The van der Waals surface area contributed by atoms with Crippen LogP contribution >= 0.6 is 0 Å². The van der Waals surface area contributed by atoms with Gasteiger partial charge in [-0.25, -0.2) is 0 Å². The van der Waals surface area contributed by atoms with Gasteiger partial charge in [0.2, 0.25) is 0 Å². The van der Waals surface area contributed by atoms with Crippen molar-refractivity contribution in [2.24, 2.45) is 0 Å². The molecule has 0 bridgehead atoms. The second-order valence-electron chi connectivity index (χ2n) is 7.48. The minimum atomic E-state index is -0.229. The molecule has 1 amide bonds. The number of aromatic nitrogens is 2. The Kier molecular flexibility index (Phi) is 4.28. The van der Waals surface area contributed by atoms with E-state index in [-0.39, 0.29) is 5.91 Å². The standard InChI is InChI=1S/C23H22N4O/c28-23(21-10-11-22(26-25-21)27-12-4-1-5-13-27)24-18-8-9-20-17(15-18)14-16-6-2-3-7-19(16)20/h2-3,6-11,15H,1,4-5,12-14H2,(H,24,28). The van der Waals surface area contributed by atoms with Crippen molar-refractivity contribution >= 4 is 17.4 Å². The van der Waals surface area contributed by atoms with E-state index in [4.69, 9.17) is 0 Å². The number of fused-ring (bicyclic) bond motifs is 3. The van der Waals surface area contributed by atoms with Crippen molar-refractivity contribution < 1.29 is 4.79 Å². The highest BCUT2D eigenvalue weighted by atomic mass is 16.1. The van der Waals surface area contributed by atoms with Gasteiger partial charge in [0.25, 0.3) is 5.91 Å². The molecular weight excluding hydrogens is 348 g/mol. The fraction of sp³-hybridized carbons (Fsp3) is 0.261. The van der Waals surface area contributed by atoms with Crippen molar-refractivity contribution in [2.45, 2.75) is 25.7 Å². The summed E-state index contributed by atoms with van der Waals surface area (Å²) in [4.78, 5) is 14.8. The first-order valence-corrected chi connectivity index (χ1v) is 9.89. The Balaban J connectivity index is 1.30. The zero-order valence-corrected chi connectivity index (χ0v) is 15.7. The van der Waals surface area contributed by atoms with Crippen LogP contribution in [0.25, 0.3) is 11.1 Å². The predicted octanol–water partition coefficient (Wildman–Crippen LogP) is 4.29. The van der Waals surface area contributed by atoms with Gasteiger partial charge in [-0.15, -0.1) is 10.2 Å². The molecular formula is C23H22N4O. The number of nitrogens with zero attached hydrogens (tertiary/aromatic N) is 3. The van der Waals surface area contributed by atoms with E-state index < -0.39 is 0 Å². The molecule has 1 aliphatic carbocycles. The molecule has 0 radical (unpaired) electrons. The van der Waals surface area contributed by atoms with Crippen LogP contribution in [0.2, 0.25) is 0 Å². The lowest BCUT2D eigenvalue weighted by atomic mass is 10.1. The van der Waals surface area contributed by atoms with Gasteiger partial charge in [-0.05, 0) is 72.2 Å². The summed E-state index contributed by atoms with van der Waals surface area (Å²) in [6.45, 7) is 2.02. The summed E-state index contributed by atoms with van der Waals surface area (Å²) >= 11 is 0. The second-order valence-corrected chi connectivity index (χ2v) is 7.48. The molecule has 1 aromatic heterocycles. The average molecular weight is 370 g/mol. The number of hydrogen-bond acceptors (Lipinski definition) is 4. The first kappa shape index (κ1) is 16.9. The summed E-state index contributed by atoms with van der Waals surface area (Å²) in [7, 11) is 0. The molecule has 3 aromatic rings. The summed E-state index contributed by atoms with van der Waals surface area (Å²) in [5, 5.41) is 11.4. The molecule has 5 heteroatoms. The molecule has 1 saturated heterocycles. The minimum Gasteiger partial charge on any atom is -0.355 e. The molecule has 2 aliphatic rings. The molecule has 5 rings (SSSR count).